The van der Waals surface area contributed by atoms with E-state index in [1.807, 2.05) is 35.2 Å². The highest BCUT2D eigenvalue weighted by molar-refractivity contribution is 5.89. The minimum absolute atomic E-state index is 0.0770. The summed E-state index contributed by atoms with van der Waals surface area (Å²) in [5, 5.41) is 2.90. The van der Waals surface area contributed by atoms with E-state index < -0.39 is 0 Å². The molecular formula is C17H19N3O2. The minimum Gasteiger partial charge on any atom is -0.372 e. The van der Waals surface area contributed by atoms with E-state index in [0.717, 1.165) is 17.7 Å². The standard InChI is InChI=1S/C17H19N3O2/c21-17(19-15-7-9-18-10-8-15)20-11-4-12-22-16(13-20)14-5-2-1-3-6-14/h1-3,5-10,16H,4,11-13H2,(H,18,19,21). The Morgan fingerprint density at radius 3 is 2.73 bits per heavy atom. The van der Waals surface area contributed by atoms with Crippen LogP contribution in [0.25, 0.3) is 0 Å². The van der Waals surface area contributed by atoms with Gasteiger partial charge in [-0.2, -0.15) is 0 Å². The van der Waals surface area contributed by atoms with Crippen molar-refractivity contribution in [3.05, 3.63) is 60.4 Å². The Morgan fingerprint density at radius 1 is 1.18 bits per heavy atom. The van der Waals surface area contributed by atoms with Crippen LogP contribution in [0.4, 0.5) is 10.5 Å². The van der Waals surface area contributed by atoms with E-state index in [4.69, 9.17) is 4.74 Å². The summed E-state index contributed by atoms with van der Waals surface area (Å²) in [5.74, 6) is 0. The summed E-state index contributed by atoms with van der Waals surface area (Å²) < 4.78 is 5.89. The number of carbonyl (C=O) groups excluding carboxylic acids is 1. The van der Waals surface area contributed by atoms with Crippen LogP contribution in [0.3, 0.4) is 0 Å². The largest absolute Gasteiger partial charge is 0.372 e. The van der Waals surface area contributed by atoms with Crippen molar-refractivity contribution in [3.8, 4) is 0 Å². The van der Waals surface area contributed by atoms with Gasteiger partial charge in [0.25, 0.3) is 0 Å². The van der Waals surface area contributed by atoms with Crippen molar-refractivity contribution in [1.29, 1.82) is 0 Å². The zero-order chi connectivity index (χ0) is 15.2. The summed E-state index contributed by atoms with van der Waals surface area (Å²) in [7, 11) is 0. The Morgan fingerprint density at radius 2 is 1.95 bits per heavy atom. The maximum atomic E-state index is 12.4. The Bertz CT molecular complexity index is 604. The fourth-order valence-electron chi connectivity index (χ4n) is 2.52. The third kappa shape index (κ3) is 3.62. The van der Waals surface area contributed by atoms with Gasteiger partial charge in [0, 0.05) is 31.2 Å². The summed E-state index contributed by atoms with van der Waals surface area (Å²) >= 11 is 0. The topological polar surface area (TPSA) is 54.5 Å². The van der Waals surface area contributed by atoms with E-state index in [-0.39, 0.29) is 12.1 Å². The van der Waals surface area contributed by atoms with Gasteiger partial charge in [0.2, 0.25) is 0 Å². The highest BCUT2D eigenvalue weighted by Gasteiger charge is 2.23. The number of hydrogen-bond donors (Lipinski definition) is 1. The molecule has 2 aromatic rings. The van der Waals surface area contributed by atoms with Crippen molar-refractivity contribution in [2.45, 2.75) is 12.5 Å². The summed E-state index contributed by atoms with van der Waals surface area (Å²) in [6.07, 6.45) is 4.08. The number of nitrogens with one attached hydrogen (secondary N) is 1. The zero-order valence-electron chi connectivity index (χ0n) is 12.3. The van der Waals surface area contributed by atoms with Gasteiger partial charge in [-0.1, -0.05) is 30.3 Å². The van der Waals surface area contributed by atoms with Gasteiger partial charge < -0.3 is 15.0 Å². The molecule has 0 aliphatic carbocycles. The molecule has 1 aliphatic rings. The van der Waals surface area contributed by atoms with E-state index >= 15 is 0 Å². The second kappa shape index (κ2) is 7.04. The molecule has 1 saturated heterocycles. The van der Waals surface area contributed by atoms with Crippen LogP contribution in [0.2, 0.25) is 0 Å². The van der Waals surface area contributed by atoms with Crippen molar-refractivity contribution >= 4 is 11.7 Å². The fraction of sp³-hybridized carbons (Fsp3) is 0.294. The van der Waals surface area contributed by atoms with Crippen LogP contribution in [-0.2, 0) is 4.74 Å². The van der Waals surface area contributed by atoms with Crippen LogP contribution in [0.5, 0.6) is 0 Å². The first-order valence-corrected chi connectivity index (χ1v) is 7.45. The van der Waals surface area contributed by atoms with Crippen molar-refractivity contribution in [2.75, 3.05) is 25.0 Å². The Hall–Kier alpha value is -2.40. The molecule has 2 amide bonds. The summed E-state index contributed by atoms with van der Waals surface area (Å²) in [6, 6.07) is 13.5. The van der Waals surface area contributed by atoms with Gasteiger partial charge in [0.1, 0.15) is 6.10 Å². The predicted molar refractivity (Wildman–Crippen MR) is 84.6 cm³/mol. The molecule has 5 heteroatoms. The molecule has 2 heterocycles. The average Bonchev–Trinajstić information content (AvgIpc) is 2.83. The van der Waals surface area contributed by atoms with Crippen LogP contribution < -0.4 is 5.32 Å². The summed E-state index contributed by atoms with van der Waals surface area (Å²) in [4.78, 5) is 18.2. The van der Waals surface area contributed by atoms with Gasteiger partial charge in [-0.25, -0.2) is 4.79 Å². The lowest BCUT2D eigenvalue weighted by Gasteiger charge is -2.24. The Kier molecular flexibility index (Phi) is 4.65. The Balaban J connectivity index is 1.68. The Labute approximate surface area is 129 Å². The number of nitrogens with zero attached hydrogens (tertiary/aromatic N) is 2. The molecule has 22 heavy (non-hydrogen) atoms. The number of urea groups is 1. The molecule has 0 bridgehead atoms. The first kappa shape index (κ1) is 14.5. The molecule has 1 aromatic heterocycles. The van der Waals surface area contributed by atoms with Crippen molar-refractivity contribution in [3.63, 3.8) is 0 Å². The van der Waals surface area contributed by atoms with Crippen LogP contribution in [-0.4, -0.2) is 35.6 Å². The molecule has 0 spiro atoms. The fourth-order valence-corrected chi connectivity index (χ4v) is 2.52. The normalized spacial score (nSPS) is 18.5. The second-order valence-electron chi connectivity index (χ2n) is 5.24. The van der Waals surface area contributed by atoms with Crippen molar-refractivity contribution in [2.24, 2.45) is 0 Å². The lowest BCUT2D eigenvalue weighted by Crippen LogP contribution is -2.37. The molecule has 1 N–H and O–H groups in total. The maximum absolute atomic E-state index is 12.4. The molecule has 0 radical (unpaired) electrons. The van der Waals surface area contributed by atoms with Crippen LogP contribution >= 0.6 is 0 Å². The number of carbonyl (C=O) groups is 1. The number of benzene rings is 1. The number of pyridine rings is 1. The van der Waals surface area contributed by atoms with E-state index in [1.54, 1.807) is 24.5 Å². The van der Waals surface area contributed by atoms with Crippen molar-refractivity contribution < 1.29 is 9.53 Å². The lowest BCUT2D eigenvalue weighted by molar-refractivity contribution is 0.0581. The zero-order valence-corrected chi connectivity index (χ0v) is 12.3. The quantitative estimate of drug-likeness (QED) is 0.927. The third-order valence-electron chi connectivity index (χ3n) is 3.67. The van der Waals surface area contributed by atoms with Crippen LogP contribution in [0, 0.1) is 0 Å². The number of anilines is 1. The van der Waals surface area contributed by atoms with Crippen LogP contribution in [0.15, 0.2) is 54.9 Å². The number of rotatable bonds is 2. The highest BCUT2D eigenvalue weighted by Crippen LogP contribution is 2.22. The lowest BCUT2D eigenvalue weighted by atomic mass is 10.1. The third-order valence-corrected chi connectivity index (χ3v) is 3.67. The molecule has 1 unspecified atom stereocenters. The SMILES string of the molecule is O=C(Nc1ccncc1)N1CCCOC(c2ccccc2)C1. The number of hydrogen-bond acceptors (Lipinski definition) is 3. The molecule has 5 nitrogen and oxygen atoms in total. The molecule has 1 fully saturated rings. The van der Waals surface area contributed by atoms with Gasteiger partial charge in [-0.3, -0.25) is 4.98 Å². The first-order chi connectivity index (χ1) is 10.8. The van der Waals surface area contributed by atoms with Gasteiger partial charge >= 0.3 is 6.03 Å². The average molecular weight is 297 g/mol. The highest BCUT2D eigenvalue weighted by atomic mass is 16.5. The number of aromatic nitrogens is 1. The predicted octanol–water partition coefficient (Wildman–Crippen LogP) is 3.08. The van der Waals surface area contributed by atoms with E-state index in [0.29, 0.717) is 19.7 Å². The minimum atomic E-state index is -0.0994. The van der Waals surface area contributed by atoms with E-state index in [2.05, 4.69) is 10.3 Å². The van der Waals surface area contributed by atoms with Crippen molar-refractivity contribution in [1.82, 2.24) is 9.88 Å². The molecule has 1 atom stereocenters. The summed E-state index contributed by atoms with van der Waals surface area (Å²) in [6.45, 7) is 1.92. The monoisotopic (exact) mass is 297 g/mol. The van der Waals surface area contributed by atoms with Crippen LogP contribution in [0.1, 0.15) is 18.1 Å². The number of amides is 2. The van der Waals surface area contributed by atoms with E-state index in [9.17, 15) is 4.79 Å². The second-order valence-corrected chi connectivity index (χ2v) is 5.24. The van der Waals surface area contributed by atoms with Gasteiger partial charge in [0.05, 0.1) is 6.54 Å². The molecule has 1 aromatic carbocycles. The summed E-state index contributed by atoms with van der Waals surface area (Å²) in [5.41, 5.74) is 1.85. The van der Waals surface area contributed by atoms with Gasteiger partial charge in [-0.15, -0.1) is 0 Å². The first-order valence-electron chi connectivity index (χ1n) is 7.45. The molecule has 0 saturated carbocycles. The molecule has 3 rings (SSSR count). The maximum Gasteiger partial charge on any atom is 0.321 e. The van der Waals surface area contributed by atoms with Gasteiger partial charge in [-0.05, 0) is 24.1 Å². The van der Waals surface area contributed by atoms with Gasteiger partial charge in [0.15, 0.2) is 0 Å². The number of ether oxygens (including phenoxy) is 1. The molecule has 1 aliphatic heterocycles. The molecular weight excluding hydrogens is 278 g/mol. The molecule has 114 valence electrons. The van der Waals surface area contributed by atoms with E-state index in [1.165, 1.54) is 0 Å². The smallest absolute Gasteiger partial charge is 0.321 e.